The predicted octanol–water partition coefficient (Wildman–Crippen LogP) is -3.04. The van der Waals surface area contributed by atoms with Crippen LogP contribution in [0.5, 0.6) is 0 Å². The Kier molecular flexibility index (Phi) is 11.2. The van der Waals surface area contributed by atoms with E-state index in [1.54, 1.807) is 0 Å². The third kappa shape index (κ3) is 9.11. The van der Waals surface area contributed by atoms with E-state index in [1.165, 1.54) is 19.4 Å². The number of aliphatic carboxylic acids is 1. The number of aromatic amines is 1. The average molecular weight is 441 g/mol. The van der Waals surface area contributed by atoms with Gasteiger partial charge in [-0.1, -0.05) is 0 Å². The van der Waals surface area contributed by atoms with E-state index in [0.29, 0.717) is 25.1 Å². The van der Waals surface area contributed by atoms with Crippen LogP contribution in [-0.4, -0.2) is 81.2 Å². The molecule has 1 rings (SSSR count). The summed E-state index contributed by atoms with van der Waals surface area (Å²) in [4.78, 5) is 55.0. The molecular formula is C18H31N7O6. The van der Waals surface area contributed by atoms with E-state index >= 15 is 0 Å². The predicted molar refractivity (Wildman–Crippen MR) is 109 cm³/mol. The van der Waals surface area contributed by atoms with Gasteiger partial charge in [-0.25, -0.2) is 9.78 Å². The number of imidazole rings is 1. The van der Waals surface area contributed by atoms with Crippen LogP contribution in [0.4, 0.5) is 0 Å². The Labute approximate surface area is 179 Å². The van der Waals surface area contributed by atoms with Crippen LogP contribution in [0.15, 0.2) is 12.5 Å². The lowest BCUT2D eigenvalue weighted by molar-refractivity contribution is -0.142. The number of H-pyrrole nitrogens is 1. The number of nitrogens with one attached hydrogen (secondary N) is 4. The van der Waals surface area contributed by atoms with Crippen LogP contribution < -0.4 is 27.4 Å². The maximum Gasteiger partial charge on any atom is 0.326 e. The van der Waals surface area contributed by atoms with E-state index < -0.39 is 54.5 Å². The summed E-state index contributed by atoms with van der Waals surface area (Å²) in [7, 11) is 0. The number of hydrogen-bond donors (Lipinski definition) is 8. The Hall–Kier alpha value is -3.03. The fraction of sp³-hybridized carbons (Fsp3) is 0.611. The number of nitrogens with two attached hydrogens (primary N) is 2. The van der Waals surface area contributed by atoms with Crippen LogP contribution >= 0.6 is 0 Å². The van der Waals surface area contributed by atoms with Crippen molar-refractivity contribution in [3.8, 4) is 0 Å². The van der Waals surface area contributed by atoms with Crippen LogP contribution in [0, 0.1) is 0 Å². The molecule has 0 aliphatic rings. The summed E-state index contributed by atoms with van der Waals surface area (Å²) >= 11 is 0. The Bertz CT molecular complexity index is 727. The fourth-order valence-corrected chi connectivity index (χ4v) is 2.62. The number of aliphatic hydroxyl groups excluding tert-OH is 1. The number of hydrogen-bond acceptors (Lipinski definition) is 8. The van der Waals surface area contributed by atoms with Crippen molar-refractivity contribution < 1.29 is 29.4 Å². The molecule has 1 heterocycles. The van der Waals surface area contributed by atoms with Gasteiger partial charge in [0.2, 0.25) is 17.7 Å². The number of carboxylic acid groups (broad SMARTS) is 1. The number of unbranched alkanes of at least 4 members (excludes halogenated alkanes) is 1. The second-order valence-corrected chi connectivity index (χ2v) is 7.05. The minimum absolute atomic E-state index is 0.0153. The van der Waals surface area contributed by atoms with Gasteiger partial charge >= 0.3 is 5.97 Å². The van der Waals surface area contributed by atoms with E-state index in [1.807, 2.05) is 0 Å². The van der Waals surface area contributed by atoms with Crippen molar-refractivity contribution in [3.63, 3.8) is 0 Å². The molecule has 0 spiro atoms. The largest absolute Gasteiger partial charge is 0.480 e. The molecule has 0 radical (unpaired) electrons. The van der Waals surface area contributed by atoms with Crippen molar-refractivity contribution in [2.24, 2.45) is 11.5 Å². The summed E-state index contributed by atoms with van der Waals surface area (Å²) in [6, 6.07) is -4.48. The zero-order chi connectivity index (χ0) is 23.4. The van der Waals surface area contributed by atoms with Crippen LogP contribution in [0.2, 0.25) is 0 Å². The molecule has 0 aliphatic heterocycles. The molecule has 0 fully saturated rings. The molecule has 0 saturated carbocycles. The first kappa shape index (κ1) is 26.0. The van der Waals surface area contributed by atoms with Gasteiger partial charge in [-0.05, 0) is 32.7 Å². The number of carbonyl (C=O) groups is 4. The Morgan fingerprint density at radius 1 is 1.10 bits per heavy atom. The van der Waals surface area contributed by atoms with Gasteiger partial charge in [0, 0.05) is 18.3 Å². The number of rotatable bonds is 14. The van der Waals surface area contributed by atoms with Crippen molar-refractivity contribution in [2.75, 3.05) is 13.2 Å². The number of carboxylic acids is 1. The quantitative estimate of drug-likeness (QED) is 0.137. The Morgan fingerprint density at radius 3 is 2.32 bits per heavy atom. The zero-order valence-electron chi connectivity index (χ0n) is 17.3. The van der Waals surface area contributed by atoms with Gasteiger partial charge in [-0.2, -0.15) is 0 Å². The highest BCUT2D eigenvalue weighted by atomic mass is 16.4. The molecule has 0 aromatic carbocycles. The van der Waals surface area contributed by atoms with E-state index in [0.717, 1.165) is 0 Å². The fourth-order valence-electron chi connectivity index (χ4n) is 2.62. The van der Waals surface area contributed by atoms with Crippen molar-refractivity contribution in [2.45, 2.75) is 56.8 Å². The lowest BCUT2D eigenvalue weighted by Gasteiger charge is -2.23. The molecule has 13 nitrogen and oxygen atoms in total. The molecule has 174 valence electrons. The highest BCUT2D eigenvalue weighted by molar-refractivity contribution is 5.93. The SMILES string of the molecule is CC(NC(=O)C(CCCCN)NC(=O)C(N)CO)C(=O)NC(Cc1cnc[nH]1)C(=O)O. The van der Waals surface area contributed by atoms with Crippen LogP contribution in [0.1, 0.15) is 31.9 Å². The minimum atomic E-state index is -1.24. The molecule has 0 saturated heterocycles. The molecule has 1 aromatic heterocycles. The first-order valence-electron chi connectivity index (χ1n) is 9.87. The molecule has 3 amide bonds. The van der Waals surface area contributed by atoms with E-state index in [4.69, 9.17) is 16.6 Å². The summed E-state index contributed by atoms with van der Waals surface area (Å²) in [5, 5.41) is 25.6. The van der Waals surface area contributed by atoms with Crippen LogP contribution in [0.25, 0.3) is 0 Å². The normalized spacial score (nSPS) is 14.7. The standard InChI is InChI=1S/C18H31N7O6/c1-10(15(27)25-14(18(30)31)6-11-7-21-9-22-11)23-17(29)13(4-2-3-5-19)24-16(28)12(20)8-26/h7,9-10,12-14,26H,2-6,8,19-20H2,1H3,(H,21,22)(H,23,29)(H,24,28)(H,25,27)(H,30,31). The molecule has 0 bridgehead atoms. The number of nitrogens with zero attached hydrogens (tertiary/aromatic N) is 1. The summed E-state index contributed by atoms with van der Waals surface area (Å²) in [5.74, 6) is -3.30. The van der Waals surface area contributed by atoms with Crippen LogP contribution in [0.3, 0.4) is 0 Å². The average Bonchev–Trinajstić information content (AvgIpc) is 3.24. The van der Waals surface area contributed by atoms with Crippen molar-refractivity contribution >= 4 is 23.7 Å². The maximum absolute atomic E-state index is 12.6. The second-order valence-electron chi connectivity index (χ2n) is 7.05. The summed E-state index contributed by atoms with van der Waals surface area (Å²) < 4.78 is 0. The Balaban J connectivity index is 2.72. The number of carbonyl (C=O) groups excluding carboxylic acids is 3. The van der Waals surface area contributed by atoms with Gasteiger partial charge in [0.25, 0.3) is 0 Å². The molecule has 31 heavy (non-hydrogen) atoms. The van der Waals surface area contributed by atoms with Gasteiger partial charge < -0.3 is 42.6 Å². The van der Waals surface area contributed by atoms with E-state index in [-0.39, 0.29) is 12.8 Å². The summed E-state index contributed by atoms with van der Waals surface area (Å²) in [6.45, 7) is 1.21. The molecule has 10 N–H and O–H groups in total. The summed E-state index contributed by atoms with van der Waals surface area (Å²) in [6.07, 6.45) is 4.22. The smallest absolute Gasteiger partial charge is 0.326 e. The zero-order valence-corrected chi connectivity index (χ0v) is 17.3. The Morgan fingerprint density at radius 2 is 1.77 bits per heavy atom. The number of amides is 3. The summed E-state index contributed by atoms with van der Waals surface area (Å²) in [5.41, 5.74) is 11.4. The van der Waals surface area contributed by atoms with Gasteiger partial charge in [0.05, 0.1) is 12.9 Å². The number of aliphatic hydroxyl groups is 1. The van der Waals surface area contributed by atoms with Gasteiger partial charge in [-0.3, -0.25) is 14.4 Å². The van der Waals surface area contributed by atoms with Gasteiger partial charge in [0.1, 0.15) is 24.2 Å². The molecule has 0 aliphatic carbocycles. The third-order valence-corrected chi connectivity index (χ3v) is 4.46. The lowest BCUT2D eigenvalue weighted by Crippen LogP contribution is -2.56. The van der Waals surface area contributed by atoms with Crippen molar-refractivity contribution in [1.82, 2.24) is 25.9 Å². The topological polar surface area (TPSA) is 226 Å². The molecule has 1 aromatic rings. The second kappa shape index (κ2) is 13.3. The third-order valence-electron chi connectivity index (χ3n) is 4.46. The van der Waals surface area contributed by atoms with E-state index in [2.05, 4.69) is 25.9 Å². The molecular weight excluding hydrogens is 410 g/mol. The highest BCUT2D eigenvalue weighted by Gasteiger charge is 2.28. The lowest BCUT2D eigenvalue weighted by atomic mass is 10.1. The maximum atomic E-state index is 12.6. The first-order chi connectivity index (χ1) is 14.7. The van der Waals surface area contributed by atoms with E-state index in [9.17, 15) is 24.3 Å². The van der Waals surface area contributed by atoms with Crippen molar-refractivity contribution in [1.29, 1.82) is 0 Å². The number of aromatic nitrogens is 2. The van der Waals surface area contributed by atoms with Gasteiger partial charge in [-0.15, -0.1) is 0 Å². The van der Waals surface area contributed by atoms with Gasteiger partial charge in [0.15, 0.2) is 0 Å². The molecule has 4 atom stereocenters. The van der Waals surface area contributed by atoms with Crippen LogP contribution in [-0.2, 0) is 25.6 Å². The minimum Gasteiger partial charge on any atom is -0.480 e. The highest BCUT2D eigenvalue weighted by Crippen LogP contribution is 2.03. The monoisotopic (exact) mass is 441 g/mol. The first-order valence-corrected chi connectivity index (χ1v) is 9.87. The van der Waals surface area contributed by atoms with Crippen molar-refractivity contribution in [3.05, 3.63) is 18.2 Å². The molecule has 4 unspecified atom stereocenters. The molecule has 13 heteroatoms.